The maximum absolute atomic E-state index is 13.5. The molecule has 0 aromatic heterocycles. The number of carbonyl (C=O) groups excluding carboxylic acids is 1. The van der Waals surface area contributed by atoms with Crippen LogP contribution in [-0.2, 0) is 4.74 Å². The smallest absolute Gasteiger partial charge is 0.411 e. The van der Waals surface area contributed by atoms with Gasteiger partial charge < -0.3 is 9.84 Å². The van der Waals surface area contributed by atoms with E-state index in [-0.39, 0.29) is 18.3 Å². The molecule has 1 aliphatic carbocycles. The van der Waals surface area contributed by atoms with Crippen molar-refractivity contribution in [2.75, 3.05) is 19.0 Å². The average Bonchev–Trinajstić information content (AvgIpc) is 2.49. The van der Waals surface area contributed by atoms with Gasteiger partial charge in [-0.3, -0.25) is 5.32 Å². The van der Waals surface area contributed by atoms with Gasteiger partial charge in [-0.05, 0) is 61.3 Å². The van der Waals surface area contributed by atoms with Gasteiger partial charge in [0.05, 0.1) is 7.11 Å². The molecule has 0 saturated heterocycles. The summed E-state index contributed by atoms with van der Waals surface area (Å²) in [5.74, 6) is 0.247. The number of rotatable bonds is 3. The van der Waals surface area contributed by atoms with Crippen LogP contribution in [0.25, 0.3) is 0 Å². The molecule has 0 atom stereocenters. The first-order valence-corrected chi connectivity index (χ1v) is 6.89. The number of methoxy groups -OCH3 is 1. The Morgan fingerprint density at radius 2 is 2.10 bits per heavy atom. The van der Waals surface area contributed by atoms with Crippen molar-refractivity contribution in [1.82, 2.24) is 0 Å². The molecule has 1 aromatic carbocycles. The van der Waals surface area contributed by atoms with Crippen LogP contribution in [0.4, 0.5) is 14.9 Å². The minimum Gasteiger partial charge on any atom is -0.453 e. The standard InChI is InChI=1S/C15H20FNO3/c1-20-15(19)17-14-7-6-12(16)8-13(14)11-4-2-10(9-18)3-5-11/h6-8,10-11,18H,2-5,9H2,1H3,(H,17,19). The number of aliphatic hydroxyl groups excluding tert-OH is 1. The average molecular weight is 281 g/mol. The molecule has 110 valence electrons. The number of aliphatic hydroxyl groups is 1. The molecule has 1 amide bonds. The zero-order valence-electron chi connectivity index (χ0n) is 11.6. The second-order valence-electron chi connectivity index (χ2n) is 5.25. The summed E-state index contributed by atoms with van der Waals surface area (Å²) in [4.78, 5) is 11.3. The quantitative estimate of drug-likeness (QED) is 0.894. The van der Waals surface area contributed by atoms with Crippen molar-refractivity contribution in [2.45, 2.75) is 31.6 Å². The van der Waals surface area contributed by atoms with Gasteiger partial charge in [0.15, 0.2) is 0 Å². The number of hydrogen-bond donors (Lipinski definition) is 2. The van der Waals surface area contributed by atoms with Crippen LogP contribution in [-0.4, -0.2) is 24.9 Å². The number of benzene rings is 1. The second kappa shape index (κ2) is 6.70. The molecule has 0 radical (unpaired) electrons. The van der Waals surface area contributed by atoms with Crippen LogP contribution in [0.3, 0.4) is 0 Å². The van der Waals surface area contributed by atoms with E-state index in [1.165, 1.54) is 19.2 Å². The lowest BCUT2D eigenvalue weighted by Crippen LogP contribution is -2.18. The van der Waals surface area contributed by atoms with E-state index in [4.69, 9.17) is 5.11 Å². The molecule has 0 unspecified atom stereocenters. The Morgan fingerprint density at radius 1 is 1.40 bits per heavy atom. The Labute approximate surface area is 117 Å². The summed E-state index contributed by atoms with van der Waals surface area (Å²) in [6, 6.07) is 4.38. The molecule has 20 heavy (non-hydrogen) atoms. The molecular weight excluding hydrogens is 261 g/mol. The minimum atomic E-state index is -0.554. The van der Waals surface area contributed by atoms with Gasteiger partial charge in [-0.1, -0.05) is 0 Å². The summed E-state index contributed by atoms with van der Waals surface area (Å²) in [7, 11) is 1.30. The molecule has 2 N–H and O–H groups in total. The lowest BCUT2D eigenvalue weighted by atomic mass is 9.78. The highest BCUT2D eigenvalue weighted by molar-refractivity contribution is 5.85. The van der Waals surface area contributed by atoms with Crippen LogP contribution >= 0.6 is 0 Å². The van der Waals surface area contributed by atoms with Crippen LogP contribution in [0.2, 0.25) is 0 Å². The first-order valence-electron chi connectivity index (χ1n) is 6.89. The number of hydrogen-bond acceptors (Lipinski definition) is 3. The monoisotopic (exact) mass is 281 g/mol. The van der Waals surface area contributed by atoms with Crippen molar-refractivity contribution in [2.24, 2.45) is 5.92 Å². The van der Waals surface area contributed by atoms with Gasteiger partial charge in [0, 0.05) is 12.3 Å². The van der Waals surface area contributed by atoms with E-state index in [0.717, 1.165) is 31.2 Å². The van der Waals surface area contributed by atoms with Crippen LogP contribution < -0.4 is 5.32 Å². The predicted octanol–water partition coefficient (Wildman–Crippen LogP) is 3.27. The molecule has 0 aliphatic heterocycles. The SMILES string of the molecule is COC(=O)Nc1ccc(F)cc1C1CCC(CO)CC1. The number of nitrogens with one attached hydrogen (secondary N) is 1. The van der Waals surface area contributed by atoms with Gasteiger partial charge >= 0.3 is 6.09 Å². The lowest BCUT2D eigenvalue weighted by Gasteiger charge is -2.28. The summed E-state index contributed by atoms with van der Waals surface area (Å²) in [6.45, 7) is 0.211. The largest absolute Gasteiger partial charge is 0.453 e. The van der Waals surface area contributed by atoms with Crippen molar-refractivity contribution in [3.63, 3.8) is 0 Å². The van der Waals surface area contributed by atoms with Gasteiger partial charge in [-0.25, -0.2) is 9.18 Å². The molecule has 0 spiro atoms. The molecular formula is C15H20FNO3. The van der Waals surface area contributed by atoms with Gasteiger partial charge in [0.1, 0.15) is 5.82 Å². The highest BCUT2D eigenvalue weighted by Gasteiger charge is 2.24. The van der Waals surface area contributed by atoms with Gasteiger partial charge in [0.25, 0.3) is 0 Å². The zero-order chi connectivity index (χ0) is 14.5. The van der Waals surface area contributed by atoms with E-state index in [1.54, 1.807) is 6.07 Å². The number of halogens is 1. The zero-order valence-corrected chi connectivity index (χ0v) is 11.6. The lowest BCUT2D eigenvalue weighted by molar-refractivity contribution is 0.182. The Kier molecular flexibility index (Phi) is 4.95. The first-order chi connectivity index (χ1) is 9.63. The Bertz CT molecular complexity index is 470. The summed E-state index contributed by atoms with van der Waals surface area (Å²) >= 11 is 0. The Morgan fingerprint density at radius 3 is 2.70 bits per heavy atom. The fourth-order valence-corrected chi connectivity index (χ4v) is 2.80. The Balaban J connectivity index is 2.17. The van der Waals surface area contributed by atoms with Crippen molar-refractivity contribution in [1.29, 1.82) is 0 Å². The summed E-state index contributed by atoms with van der Waals surface area (Å²) in [6.07, 6.45) is 3.08. The Hall–Kier alpha value is -1.62. The van der Waals surface area contributed by atoms with E-state index < -0.39 is 6.09 Å². The molecule has 4 nitrogen and oxygen atoms in total. The summed E-state index contributed by atoms with van der Waals surface area (Å²) in [5.41, 5.74) is 1.41. The third-order valence-corrected chi connectivity index (χ3v) is 3.98. The fourth-order valence-electron chi connectivity index (χ4n) is 2.80. The third-order valence-electron chi connectivity index (χ3n) is 3.98. The fraction of sp³-hybridized carbons (Fsp3) is 0.533. The second-order valence-corrected chi connectivity index (χ2v) is 5.25. The highest BCUT2D eigenvalue weighted by Crippen LogP contribution is 2.38. The summed E-state index contributed by atoms with van der Waals surface area (Å²) < 4.78 is 18.1. The van der Waals surface area contributed by atoms with Crippen LogP contribution in [0.1, 0.15) is 37.2 Å². The van der Waals surface area contributed by atoms with Gasteiger partial charge in [-0.2, -0.15) is 0 Å². The summed E-state index contributed by atoms with van der Waals surface area (Å²) in [5, 5.41) is 11.8. The van der Waals surface area contributed by atoms with Crippen LogP contribution in [0, 0.1) is 11.7 Å². The highest BCUT2D eigenvalue weighted by atomic mass is 19.1. The molecule has 2 rings (SSSR count). The van der Waals surface area contributed by atoms with E-state index in [9.17, 15) is 9.18 Å². The number of carbonyl (C=O) groups is 1. The molecule has 1 aliphatic rings. The van der Waals surface area contributed by atoms with Crippen molar-refractivity contribution >= 4 is 11.8 Å². The first kappa shape index (κ1) is 14.8. The predicted molar refractivity (Wildman–Crippen MR) is 74.2 cm³/mol. The number of ether oxygens (including phenoxy) is 1. The van der Waals surface area contributed by atoms with E-state index >= 15 is 0 Å². The third kappa shape index (κ3) is 3.48. The molecule has 1 aromatic rings. The van der Waals surface area contributed by atoms with Crippen molar-refractivity contribution in [3.05, 3.63) is 29.6 Å². The molecule has 0 heterocycles. The molecule has 5 heteroatoms. The molecule has 0 bridgehead atoms. The normalized spacial score (nSPS) is 22.4. The number of anilines is 1. The maximum Gasteiger partial charge on any atom is 0.411 e. The van der Waals surface area contributed by atoms with Crippen LogP contribution in [0.15, 0.2) is 18.2 Å². The maximum atomic E-state index is 13.5. The number of amides is 1. The van der Waals surface area contributed by atoms with Crippen molar-refractivity contribution in [3.8, 4) is 0 Å². The van der Waals surface area contributed by atoms with Gasteiger partial charge in [0.2, 0.25) is 0 Å². The van der Waals surface area contributed by atoms with Gasteiger partial charge in [-0.15, -0.1) is 0 Å². The minimum absolute atomic E-state index is 0.209. The van der Waals surface area contributed by atoms with E-state index in [2.05, 4.69) is 10.1 Å². The van der Waals surface area contributed by atoms with Crippen LogP contribution in [0.5, 0.6) is 0 Å². The van der Waals surface area contributed by atoms with E-state index in [1.807, 2.05) is 0 Å². The van der Waals surface area contributed by atoms with Crippen molar-refractivity contribution < 1.29 is 19.0 Å². The molecule has 1 fully saturated rings. The molecule has 1 saturated carbocycles. The topological polar surface area (TPSA) is 58.6 Å². The van der Waals surface area contributed by atoms with E-state index in [0.29, 0.717) is 11.6 Å².